The highest BCUT2D eigenvalue weighted by molar-refractivity contribution is 6.64. The molecule has 12 heteroatoms. The van der Waals surface area contributed by atoms with Crippen LogP contribution in [-0.4, -0.2) is 17.5 Å². The number of halogens is 7. The molecule has 8 rings (SSSR count). The molecule has 5 heterocycles. The number of furan rings is 2. The highest BCUT2D eigenvalue weighted by atomic mass is 19.2. The fourth-order valence-corrected chi connectivity index (χ4v) is 6.82. The normalized spacial score (nSPS) is 18.2. The SMILES string of the molecule is Cc1cc(F)cc(-c2cc3c(o2)=CC2C(c4cc(F)c(F)c(F)c4)c4cc5oc(-c6cc(C)cc(F)c6)cc5n4[B-](F)(F)[N+]=32)c1. The monoisotopic (exact) mass is 620 g/mol. The van der Waals surface area contributed by atoms with Crippen molar-refractivity contribution in [2.45, 2.75) is 25.8 Å². The van der Waals surface area contributed by atoms with Crippen molar-refractivity contribution < 1.29 is 39.4 Å². The Labute approximate surface area is 250 Å². The number of rotatable bonds is 3. The summed E-state index contributed by atoms with van der Waals surface area (Å²) in [5.41, 5.74) is 1.84. The summed E-state index contributed by atoms with van der Waals surface area (Å²) in [6.45, 7) is -1.31. The van der Waals surface area contributed by atoms with Crippen molar-refractivity contribution in [1.82, 2.24) is 8.96 Å². The van der Waals surface area contributed by atoms with Crippen LogP contribution in [0, 0.1) is 42.9 Å². The molecular weight excluding hydrogens is 600 g/mol. The molecule has 0 amide bonds. The van der Waals surface area contributed by atoms with E-state index in [0.717, 1.165) is 21.1 Å². The number of aryl methyl sites for hydroxylation is 2. The molecule has 0 radical (unpaired) electrons. The number of hydrogen-bond donors (Lipinski definition) is 0. The molecule has 0 fully saturated rings. The van der Waals surface area contributed by atoms with E-state index in [4.69, 9.17) is 8.83 Å². The second-order valence-corrected chi connectivity index (χ2v) is 11.6. The Bertz CT molecular complexity index is 2310. The summed E-state index contributed by atoms with van der Waals surface area (Å²) in [5, 5.41) is -0.00746. The van der Waals surface area contributed by atoms with Crippen molar-refractivity contribution in [3.63, 3.8) is 0 Å². The first-order chi connectivity index (χ1) is 21.4. The maximum atomic E-state index is 16.9. The van der Waals surface area contributed by atoms with Crippen LogP contribution in [0.15, 0.2) is 75.6 Å². The van der Waals surface area contributed by atoms with Gasteiger partial charge in [0.05, 0.1) is 17.5 Å². The van der Waals surface area contributed by atoms with Gasteiger partial charge in [-0.15, -0.1) is 0 Å². The first kappa shape index (κ1) is 27.5. The van der Waals surface area contributed by atoms with Crippen LogP contribution >= 0.6 is 0 Å². The van der Waals surface area contributed by atoms with Crippen molar-refractivity contribution in [2.24, 2.45) is 0 Å². The minimum atomic E-state index is -4.67. The van der Waals surface area contributed by atoms with Crippen LogP contribution in [0.4, 0.5) is 30.6 Å². The molecule has 3 aromatic heterocycles. The van der Waals surface area contributed by atoms with Gasteiger partial charge in [-0.2, -0.15) is 0 Å². The van der Waals surface area contributed by atoms with E-state index >= 15 is 8.63 Å². The molecule has 3 aromatic carbocycles. The maximum Gasteiger partial charge on any atom is 0.732 e. The summed E-state index contributed by atoms with van der Waals surface area (Å²) in [6, 6.07) is 12.8. The molecule has 2 atom stereocenters. The Morgan fingerprint density at radius 3 is 1.91 bits per heavy atom. The Morgan fingerprint density at radius 1 is 0.711 bits per heavy atom. The number of nitrogens with zero attached hydrogens (tertiary/aromatic N) is 2. The lowest BCUT2D eigenvalue weighted by atomic mass is 9.78. The third-order valence-electron chi connectivity index (χ3n) is 8.54. The van der Waals surface area contributed by atoms with Crippen LogP contribution in [0.25, 0.3) is 39.8 Å². The van der Waals surface area contributed by atoms with Crippen LogP contribution < -0.4 is 15.3 Å². The number of aromatic nitrogens is 1. The Kier molecular flexibility index (Phi) is 5.67. The zero-order chi connectivity index (χ0) is 31.5. The predicted octanol–water partition coefficient (Wildman–Crippen LogP) is 7.20. The van der Waals surface area contributed by atoms with Gasteiger partial charge in [-0.25, -0.2) is 22.0 Å². The number of hydrogen-bond acceptors (Lipinski definition) is 2. The second-order valence-electron chi connectivity index (χ2n) is 11.6. The molecule has 45 heavy (non-hydrogen) atoms. The van der Waals surface area contributed by atoms with E-state index in [1.165, 1.54) is 48.5 Å². The quantitative estimate of drug-likeness (QED) is 0.119. The summed E-state index contributed by atoms with van der Waals surface area (Å²) in [6.07, 6.45) is 1.42. The van der Waals surface area contributed by atoms with E-state index in [9.17, 15) is 22.0 Å². The van der Waals surface area contributed by atoms with Gasteiger partial charge in [-0.05, 0) is 85.1 Å². The van der Waals surface area contributed by atoms with E-state index in [1.54, 1.807) is 26.0 Å². The minimum absolute atomic E-state index is 0.00746. The molecule has 6 aromatic rings. The zero-order valence-electron chi connectivity index (χ0n) is 23.5. The zero-order valence-corrected chi connectivity index (χ0v) is 23.5. The van der Waals surface area contributed by atoms with Gasteiger partial charge in [-0.1, -0.05) is 0 Å². The second kappa shape index (κ2) is 9.26. The summed E-state index contributed by atoms with van der Waals surface area (Å²) in [7, 11) is 0. The summed E-state index contributed by atoms with van der Waals surface area (Å²) < 4.78 is 119. The Balaban J connectivity index is 1.39. The molecule has 0 bridgehead atoms. The third kappa shape index (κ3) is 4.04. The standard InChI is InChI=1S/C33H20BF7N2O2/c1-15-3-17(7-20(35)5-15)28-11-24-30(44-28)13-26-32(19-9-22(37)33(39)23(38)10-19)27-14-31-25(43(27)34(40,41)42(24)26)12-29(45-31)18-4-16(2)6-21(36)8-18/h3-14,26,32H,1-2H3. The van der Waals surface area contributed by atoms with Gasteiger partial charge in [-0.3, -0.25) is 0 Å². The lowest BCUT2D eigenvalue weighted by molar-refractivity contribution is 0.414. The molecule has 0 spiro atoms. The smallest absolute Gasteiger partial charge is 0.455 e. The van der Waals surface area contributed by atoms with Gasteiger partial charge < -0.3 is 26.4 Å². The molecule has 0 saturated heterocycles. The van der Waals surface area contributed by atoms with Crippen molar-refractivity contribution in [1.29, 1.82) is 0 Å². The Morgan fingerprint density at radius 2 is 1.31 bits per heavy atom. The van der Waals surface area contributed by atoms with Gasteiger partial charge in [0, 0.05) is 29.0 Å². The van der Waals surface area contributed by atoms with E-state index in [0.29, 0.717) is 22.3 Å². The van der Waals surface area contributed by atoms with Gasteiger partial charge in [0.2, 0.25) is 5.36 Å². The summed E-state index contributed by atoms with van der Waals surface area (Å²) in [5.74, 6) is -6.51. The maximum absolute atomic E-state index is 16.9. The summed E-state index contributed by atoms with van der Waals surface area (Å²) in [4.78, 5) is 0. The van der Waals surface area contributed by atoms with Crippen LogP contribution in [0.2, 0.25) is 0 Å². The van der Waals surface area contributed by atoms with Crippen molar-refractivity contribution >= 4 is 24.1 Å². The van der Waals surface area contributed by atoms with Crippen LogP contribution in [-0.2, 0) is 0 Å². The van der Waals surface area contributed by atoms with E-state index < -0.39 is 48.0 Å². The summed E-state index contributed by atoms with van der Waals surface area (Å²) >= 11 is 0. The Hall–Kier alpha value is -5.00. The van der Waals surface area contributed by atoms with Crippen molar-refractivity contribution in [3.8, 4) is 22.6 Å². The highest BCUT2D eigenvalue weighted by Crippen LogP contribution is 2.44. The molecule has 0 N–H and O–H groups in total. The van der Waals surface area contributed by atoms with Gasteiger partial charge >= 0.3 is 6.97 Å². The first-order valence-electron chi connectivity index (χ1n) is 14.0. The van der Waals surface area contributed by atoms with Crippen molar-refractivity contribution in [2.75, 3.05) is 0 Å². The molecule has 2 unspecified atom stereocenters. The number of fused-ring (bicyclic) bond motifs is 5. The lowest BCUT2D eigenvalue weighted by Crippen LogP contribution is -2.62. The number of benzene rings is 3. The fraction of sp³-hybridized carbons (Fsp3) is 0.121. The highest BCUT2D eigenvalue weighted by Gasteiger charge is 2.58. The molecular formula is C33H20BF7N2O2. The third-order valence-corrected chi connectivity index (χ3v) is 8.54. The fourth-order valence-electron chi connectivity index (χ4n) is 6.82. The van der Waals surface area contributed by atoms with E-state index in [2.05, 4.69) is 0 Å². The van der Waals surface area contributed by atoms with Crippen molar-refractivity contribution in [3.05, 3.63) is 129 Å². The van der Waals surface area contributed by atoms with Gasteiger partial charge in [0.1, 0.15) is 34.8 Å². The predicted molar refractivity (Wildman–Crippen MR) is 153 cm³/mol. The average molecular weight is 620 g/mol. The lowest BCUT2D eigenvalue weighted by Gasteiger charge is -2.38. The molecule has 226 valence electrons. The first-order valence-corrected chi connectivity index (χ1v) is 14.0. The average Bonchev–Trinajstić information content (AvgIpc) is 3.69. The van der Waals surface area contributed by atoms with Gasteiger partial charge in [0.15, 0.2) is 22.9 Å². The molecule has 2 aliphatic rings. The van der Waals surface area contributed by atoms with Crippen LogP contribution in [0.5, 0.6) is 0 Å². The minimum Gasteiger partial charge on any atom is -0.455 e. The topological polar surface area (TPSA) is 34.2 Å². The van der Waals surface area contributed by atoms with Crippen LogP contribution in [0.1, 0.15) is 28.3 Å². The molecule has 0 saturated carbocycles. The largest absolute Gasteiger partial charge is 0.732 e. The molecule has 4 nitrogen and oxygen atoms in total. The molecule has 0 aliphatic carbocycles. The van der Waals surface area contributed by atoms with Crippen LogP contribution in [0.3, 0.4) is 0 Å². The van der Waals surface area contributed by atoms with E-state index in [1.807, 2.05) is 0 Å². The van der Waals surface area contributed by atoms with Gasteiger partial charge in [0.25, 0.3) is 0 Å². The molecule has 2 aliphatic heterocycles. The van der Waals surface area contributed by atoms with E-state index in [-0.39, 0.29) is 44.7 Å².